The minimum Gasteiger partial charge on any atom is -0.420 e. The van der Waals surface area contributed by atoms with Crippen molar-refractivity contribution in [3.05, 3.63) is 29.3 Å². The molecule has 0 atom stereocenters. The van der Waals surface area contributed by atoms with Gasteiger partial charge in [0.05, 0.1) is 0 Å². The van der Waals surface area contributed by atoms with Crippen LogP contribution < -0.4 is 4.74 Å². The van der Waals surface area contributed by atoms with Gasteiger partial charge in [-0.25, -0.2) is 4.79 Å². The minimum atomic E-state index is -4.97. The van der Waals surface area contributed by atoms with Gasteiger partial charge in [-0.3, -0.25) is 0 Å². The van der Waals surface area contributed by atoms with E-state index in [2.05, 4.69) is 4.74 Å². The number of carbonyl (C=O) groups excluding carboxylic acids is 1. The van der Waals surface area contributed by atoms with Crippen molar-refractivity contribution in [2.75, 3.05) is 0 Å². The summed E-state index contributed by atoms with van der Waals surface area (Å²) in [7, 11) is 0. The van der Waals surface area contributed by atoms with E-state index in [0.717, 1.165) is 24.0 Å². The van der Waals surface area contributed by atoms with Crippen molar-refractivity contribution in [2.24, 2.45) is 0 Å². The van der Waals surface area contributed by atoms with Crippen LogP contribution in [0.15, 0.2) is 18.2 Å². The molecule has 0 amide bonds. The zero-order valence-electron chi connectivity index (χ0n) is 11.7. The standard InChI is InChI=1S/C15H17F3O2/c1-14(2,3)11-6-10(9-4-5-9)7-12(8-11)20-13(19)15(16,17)18/h6-9H,4-5H2,1-3H3. The van der Waals surface area contributed by atoms with Crippen LogP contribution in [0.5, 0.6) is 5.75 Å². The van der Waals surface area contributed by atoms with Gasteiger partial charge in [-0.15, -0.1) is 0 Å². The molecule has 0 N–H and O–H groups in total. The summed E-state index contributed by atoms with van der Waals surface area (Å²) >= 11 is 0. The SMILES string of the molecule is CC(C)(C)c1cc(OC(=O)C(F)(F)F)cc(C2CC2)c1. The molecule has 1 fully saturated rings. The summed E-state index contributed by atoms with van der Waals surface area (Å²) < 4.78 is 41.3. The van der Waals surface area contributed by atoms with Crippen LogP contribution in [0.1, 0.15) is 50.7 Å². The topological polar surface area (TPSA) is 26.3 Å². The summed E-state index contributed by atoms with van der Waals surface area (Å²) in [6.07, 6.45) is -2.92. The molecule has 0 spiro atoms. The first-order valence-corrected chi connectivity index (χ1v) is 6.52. The van der Waals surface area contributed by atoms with Crippen molar-refractivity contribution in [2.45, 2.75) is 51.1 Å². The van der Waals surface area contributed by atoms with Gasteiger partial charge in [0.25, 0.3) is 0 Å². The molecule has 110 valence electrons. The second kappa shape index (κ2) is 4.79. The molecule has 0 aliphatic heterocycles. The molecule has 0 bridgehead atoms. The average molecular weight is 286 g/mol. The zero-order chi connectivity index (χ0) is 15.1. The molecule has 0 radical (unpaired) electrons. The molecule has 1 aliphatic carbocycles. The first-order chi connectivity index (χ1) is 9.07. The lowest BCUT2D eigenvalue weighted by molar-refractivity contribution is -0.189. The Morgan fingerprint density at radius 2 is 1.75 bits per heavy atom. The van der Waals surface area contributed by atoms with Gasteiger partial charge < -0.3 is 4.74 Å². The number of halogens is 3. The third kappa shape index (κ3) is 3.52. The maximum atomic E-state index is 12.3. The molecule has 5 heteroatoms. The summed E-state index contributed by atoms with van der Waals surface area (Å²) in [5.41, 5.74) is 1.60. The Labute approximate surface area is 115 Å². The lowest BCUT2D eigenvalue weighted by Gasteiger charge is -2.21. The summed E-state index contributed by atoms with van der Waals surface area (Å²) in [5.74, 6) is -1.83. The highest BCUT2D eigenvalue weighted by Crippen LogP contribution is 2.43. The van der Waals surface area contributed by atoms with Gasteiger partial charge in [0.1, 0.15) is 5.75 Å². The van der Waals surface area contributed by atoms with Crippen LogP contribution >= 0.6 is 0 Å². The van der Waals surface area contributed by atoms with Gasteiger partial charge in [0, 0.05) is 0 Å². The molecule has 20 heavy (non-hydrogen) atoms. The quantitative estimate of drug-likeness (QED) is 0.597. The fourth-order valence-corrected chi connectivity index (χ4v) is 1.93. The third-order valence-corrected chi connectivity index (χ3v) is 3.29. The van der Waals surface area contributed by atoms with Crippen LogP contribution in [-0.2, 0) is 10.2 Å². The number of hydrogen-bond donors (Lipinski definition) is 0. The highest BCUT2D eigenvalue weighted by atomic mass is 19.4. The highest BCUT2D eigenvalue weighted by molar-refractivity contribution is 5.78. The molecule has 1 aromatic rings. The lowest BCUT2D eigenvalue weighted by Crippen LogP contribution is -2.28. The number of benzene rings is 1. The van der Waals surface area contributed by atoms with Gasteiger partial charge in [-0.2, -0.15) is 13.2 Å². The number of esters is 1. The average Bonchev–Trinajstić information content (AvgIpc) is 3.09. The fraction of sp³-hybridized carbons (Fsp3) is 0.533. The van der Waals surface area contributed by atoms with Gasteiger partial charge in [-0.1, -0.05) is 26.8 Å². The van der Waals surface area contributed by atoms with E-state index < -0.39 is 12.1 Å². The molecule has 2 rings (SSSR count). The Hall–Kier alpha value is -1.52. The second-order valence-corrected chi connectivity index (χ2v) is 6.20. The molecule has 0 aromatic heterocycles. The second-order valence-electron chi connectivity index (χ2n) is 6.20. The smallest absolute Gasteiger partial charge is 0.420 e. The first kappa shape index (κ1) is 14.9. The van der Waals surface area contributed by atoms with E-state index in [0.29, 0.717) is 5.92 Å². The van der Waals surface area contributed by atoms with Gasteiger partial charge in [0.2, 0.25) is 0 Å². The summed E-state index contributed by atoms with van der Waals surface area (Å²) in [4.78, 5) is 10.9. The zero-order valence-corrected chi connectivity index (χ0v) is 11.7. The predicted molar refractivity (Wildman–Crippen MR) is 68.8 cm³/mol. The van der Waals surface area contributed by atoms with E-state index in [1.54, 1.807) is 0 Å². The van der Waals surface area contributed by atoms with Gasteiger partial charge >= 0.3 is 12.1 Å². The molecule has 1 aliphatic rings. The minimum absolute atomic E-state index is 0.0263. The molecule has 1 saturated carbocycles. The Kier molecular flexibility index (Phi) is 3.56. The molecule has 0 saturated heterocycles. The Morgan fingerprint density at radius 1 is 1.15 bits per heavy atom. The van der Waals surface area contributed by atoms with Crippen LogP contribution in [0, 0.1) is 0 Å². The lowest BCUT2D eigenvalue weighted by atomic mass is 9.85. The molecular weight excluding hydrogens is 269 g/mol. The van der Waals surface area contributed by atoms with Crippen LogP contribution in [0.25, 0.3) is 0 Å². The number of carbonyl (C=O) groups is 1. The van der Waals surface area contributed by atoms with Crippen molar-refractivity contribution in [3.8, 4) is 5.75 Å². The fourth-order valence-electron chi connectivity index (χ4n) is 1.93. The van der Waals surface area contributed by atoms with E-state index in [9.17, 15) is 18.0 Å². The van der Waals surface area contributed by atoms with Crippen molar-refractivity contribution in [1.82, 2.24) is 0 Å². The monoisotopic (exact) mass is 286 g/mol. The Morgan fingerprint density at radius 3 is 2.20 bits per heavy atom. The number of alkyl halides is 3. The Balaban J connectivity index is 2.32. The summed E-state index contributed by atoms with van der Waals surface area (Å²) in [6.45, 7) is 5.90. The van der Waals surface area contributed by atoms with Crippen LogP contribution in [0.2, 0.25) is 0 Å². The van der Waals surface area contributed by atoms with Crippen molar-refractivity contribution < 1.29 is 22.7 Å². The van der Waals surface area contributed by atoms with E-state index in [1.165, 1.54) is 12.1 Å². The van der Waals surface area contributed by atoms with Crippen LogP contribution in [-0.4, -0.2) is 12.1 Å². The van der Waals surface area contributed by atoms with Crippen molar-refractivity contribution in [3.63, 3.8) is 0 Å². The van der Waals surface area contributed by atoms with E-state index in [-0.39, 0.29) is 11.2 Å². The molecule has 1 aromatic carbocycles. The third-order valence-electron chi connectivity index (χ3n) is 3.29. The molecule has 0 heterocycles. The predicted octanol–water partition coefficient (Wildman–Crippen LogP) is 4.33. The normalized spacial score (nSPS) is 16.1. The first-order valence-electron chi connectivity index (χ1n) is 6.52. The Bertz CT molecular complexity index is 523. The van der Waals surface area contributed by atoms with E-state index >= 15 is 0 Å². The molecule has 0 unspecified atom stereocenters. The number of ether oxygens (including phenoxy) is 1. The molecule has 2 nitrogen and oxygen atoms in total. The van der Waals surface area contributed by atoms with E-state index in [4.69, 9.17) is 0 Å². The van der Waals surface area contributed by atoms with Crippen molar-refractivity contribution in [1.29, 1.82) is 0 Å². The highest BCUT2D eigenvalue weighted by Gasteiger charge is 2.41. The van der Waals surface area contributed by atoms with Crippen LogP contribution in [0.3, 0.4) is 0 Å². The largest absolute Gasteiger partial charge is 0.491 e. The van der Waals surface area contributed by atoms with Crippen molar-refractivity contribution >= 4 is 5.97 Å². The molecular formula is C15H17F3O2. The number of hydrogen-bond acceptors (Lipinski definition) is 2. The number of rotatable bonds is 2. The van der Waals surface area contributed by atoms with Gasteiger partial charge in [0.15, 0.2) is 0 Å². The van der Waals surface area contributed by atoms with Gasteiger partial charge in [-0.05, 0) is 47.4 Å². The maximum Gasteiger partial charge on any atom is 0.491 e. The summed E-state index contributed by atoms with van der Waals surface area (Å²) in [6, 6.07) is 5.04. The maximum absolute atomic E-state index is 12.3. The summed E-state index contributed by atoms with van der Waals surface area (Å²) in [5, 5.41) is 0. The van der Waals surface area contributed by atoms with Crippen LogP contribution in [0.4, 0.5) is 13.2 Å². The van der Waals surface area contributed by atoms with E-state index in [1.807, 2.05) is 26.8 Å².